The molecule has 2 unspecified atom stereocenters. The Labute approximate surface area is 118 Å². The molecule has 0 bridgehead atoms. The average Bonchev–Trinajstić information content (AvgIpc) is 2.22. The Morgan fingerprint density at radius 2 is 1.47 bits per heavy atom. The van der Waals surface area contributed by atoms with E-state index in [1.807, 2.05) is 55.4 Å². The van der Waals surface area contributed by atoms with Crippen LogP contribution in [0, 0.1) is 22.7 Å². The summed E-state index contributed by atoms with van der Waals surface area (Å²) < 4.78 is 5.31. The minimum Gasteiger partial charge on any atom is -0.465 e. The maximum atomic E-state index is 12.0. The van der Waals surface area contributed by atoms with Crippen LogP contribution in [0.5, 0.6) is 0 Å². The second kappa shape index (κ2) is 6.53. The molecule has 0 aromatic carbocycles. The van der Waals surface area contributed by atoms with Crippen LogP contribution in [-0.4, -0.2) is 18.4 Å². The fraction of sp³-hybridized carbons (Fsp3) is 0.875. The third-order valence-electron chi connectivity index (χ3n) is 3.22. The maximum absolute atomic E-state index is 12.0. The van der Waals surface area contributed by atoms with Crippen molar-refractivity contribution in [2.45, 2.75) is 61.8 Å². The molecule has 0 N–H and O–H groups in total. The lowest BCUT2D eigenvalue weighted by molar-refractivity contribution is -0.152. The molecule has 0 saturated heterocycles. The molecular formula is C16H30O3. The number of ether oxygens (including phenoxy) is 1. The highest BCUT2D eigenvalue weighted by Crippen LogP contribution is 2.25. The van der Waals surface area contributed by atoms with Crippen LogP contribution in [0.25, 0.3) is 0 Å². The van der Waals surface area contributed by atoms with Crippen molar-refractivity contribution in [3.05, 3.63) is 0 Å². The molecule has 0 fully saturated rings. The lowest BCUT2D eigenvalue weighted by atomic mass is 9.82. The maximum Gasteiger partial charge on any atom is 0.308 e. The molecule has 0 aromatic rings. The Balaban J connectivity index is 4.37. The predicted octanol–water partition coefficient (Wildman–Crippen LogP) is 3.85. The van der Waals surface area contributed by atoms with E-state index in [0.29, 0.717) is 13.0 Å². The Hall–Kier alpha value is -0.860. The average molecular weight is 270 g/mol. The highest BCUT2D eigenvalue weighted by molar-refractivity contribution is 5.84. The van der Waals surface area contributed by atoms with Gasteiger partial charge in [0, 0.05) is 11.8 Å². The van der Waals surface area contributed by atoms with Crippen LogP contribution in [0.3, 0.4) is 0 Å². The SMILES string of the molecule is CC(CC(=O)C(C)(C)C)C(C)C(=O)OCC(C)(C)C. The van der Waals surface area contributed by atoms with Gasteiger partial charge in [0.2, 0.25) is 0 Å². The lowest BCUT2D eigenvalue weighted by Gasteiger charge is -2.24. The van der Waals surface area contributed by atoms with Crippen molar-refractivity contribution < 1.29 is 14.3 Å². The van der Waals surface area contributed by atoms with E-state index in [2.05, 4.69) is 0 Å². The summed E-state index contributed by atoms with van der Waals surface area (Å²) >= 11 is 0. The number of carbonyl (C=O) groups excluding carboxylic acids is 2. The van der Waals surface area contributed by atoms with Crippen LogP contribution < -0.4 is 0 Å². The van der Waals surface area contributed by atoms with Crippen molar-refractivity contribution in [1.82, 2.24) is 0 Å². The zero-order chi connectivity index (χ0) is 15.4. The van der Waals surface area contributed by atoms with Gasteiger partial charge < -0.3 is 4.74 Å². The molecule has 0 heterocycles. The van der Waals surface area contributed by atoms with Gasteiger partial charge in [-0.15, -0.1) is 0 Å². The van der Waals surface area contributed by atoms with Gasteiger partial charge >= 0.3 is 5.97 Å². The number of ketones is 1. The van der Waals surface area contributed by atoms with E-state index in [9.17, 15) is 9.59 Å². The van der Waals surface area contributed by atoms with Crippen molar-refractivity contribution in [1.29, 1.82) is 0 Å². The minimum absolute atomic E-state index is 0.0131. The normalized spacial score (nSPS) is 15.8. The molecule has 0 rings (SSSR count). The molecule has 0 aliphatic carbocycles. The second-order valence-electron chi connectivity index (χ2n) is 7.81. The molecule has 0 spiro atoms. The standard InChI is InChI=1S/C16H30O3/c1-11(9-13(17)16(6,7)8)12(2)14(18)19-10-15(3,4)5/h11-12H,9-10H2,1-8H3. The highest BCUT2D eigenvalue weighted by Gasteiger charge is 2.29. The number of hydrogen-bond donors (Lipinski definition) is 0. The van der Waals surface area contributed by atoms with E-state index >= 15 is 0 Å². The van der Waals surface area contributed by atoms with Gasteiger partial charge in [-0.3, -0.25) is 9.59 Å². The topological polar surface area (TPSA) is 43.4 Å². The molecule has 0 aromatic heterocycles. The van der Waals surface area contributed by atoms with E-state index in [0.717, 1.165) is 0 Å². The van der Waals surface area contributed by atoms with E-state index in [4.69, 9.17) is 4.74 Å². The summed E-state index contributed by atoms with van der Waals surface area (Å²) in [6.07, 6.45) is 0.426. The predicted molar refractivity (Wildman–Crippen MR) is 77.8 cm³/mol. The first-order chi connectivity index (χ1) is 8.34. The molecule has 3 heteroatoms. The number of rotatable bonds is 5. The van der Waals surface area contributed by atoms with Crippen LogP contribution >= 0.6 is 0 Å². The Morgan fingerprint density at radius 3 is 1.84 bits per heavy atom. The summed E-state index contributed by atoms with van der Waals surface area (Å²) in [5.41, 5.74) is -0.372. The van der Waals surface area contributed by atoms with Gasteiger partial charge in [-0.25, -0.2) is 0 Å². The second-order valence-corrected chi connectivity index (χ2v) is 7.81. The van der Waals surface area contributed by atoms with Crippen molar-refractivity contribution >= 4 is 11.8 Å². The molecule has 0 aliphatic heterocycles. The van der Waals surface area contributed by atoms with Crippen LogP contribution in [0.2, 0.25) is 0 Å². The Bertz CT molecular complexity index is 318. The van der Waals surface area contributed by atoms with Crippen LogP contribution in [-0.2, 0) is 14.3 Å². The first-order valence-electron chi connectivity index (χ1n) is 7.04. The number of hydrogen-bond acceptors (Lipinski definition) is 3. The summed E-state index contributed by atoms with van der Waals surface area (Å²) in [6, 6.07) is 0. The van der Waals surface area contributed by atoms with Crippen LogP contribution in [0.1, 0.15) is 61.8 Å². The molecule has 2 atom stereocenters. The number of carbonyl (C=O) groups is 2. The quantitative estimate of drug-likeness (QED) is 0.713. The number of esters is 1. The molecule has 3 nitrogen and oxygen atoms in total. The summed E-state index contributed by atoms with van der Waals surface area (Å²) in [5.74, 6) is -0.243. The Morgan fingerprint density at radius 1 is 1.00 bits per heavy atom. The van der Waals surface area contributed by atoms with Crippen LogP contribution in [0.15, 0.2) is 0 Å². The molecule has 0 aliphatic rings. The number of Topliss-reactive ketones (excluding diaryl/α,β-unsaturated/α-hetero) is 1. The van der Waals surface area contributed by atoms with Crippen molar-refractivity contribution in [3.8, 4) is 0 Å². The summed E-state index contributed by atoms with van der Waals surface area (Å²) in [7, 11) is 0. The van der Waals surface area contributed by atoms with Gasteiger partial charge in [-0.2, -0.15) is 0 Å². The third kappa shape index (κ3) is 7.34. The molecule has 0 saturated carbocycles. The molecule has 19 heavy (non-hydrogen) atoms. The van der Waals surface area contributed by atoms with Gasteiger partial charge in [0.05, 0.1) is 12.5 Å². The molecule has 112 valence electrons. The van der Waals surface area contributed by atoms with Crippen molar-refractivity contribution in [2.24, 2.45) is 22.7 Å². The molecule has 0 radical (unpaired) electrons. The van der Waals surface area contributed by atoms with Crippen molar-refractivity contribution in [2.75, 3.05) is 6.61 Å². The third-order valence-corrected chi connectivity index (χ3v) is 3.22. The van der Waals surface area contributed by atoms with Gasteiger partial charge in [0.15, 0.2) is 0 Å². The van der Waals surface area contributed by atoms with E-state index in [1.165, 1.54) is 0 Å². The van der Waals surface area contributed by atoms with E-state index in [-0.39, 0.29) is 34.4 Å². The van der Waals surface area contributed by atoms with E-state index < -0.39 is 0 Å². The van der Waals surface area contributed by atoms with Gasteiger partial charge in [-0.05, 0) is 11.3 Å². The lowest BCUT2D eigenvalue weighted by Crippen LogP contribution is -2.29. The van der Waals surface area contributed by atoms with Crippen LogP contribution in [0.4, 0.5) is 0 Å². The largest absolute Gasteiger partial charge is 0.465 e. The monoisotopic (exact) mass is 270 g/mol. The Kier molecular flexibility index (Phi) is 6.24. The summed E-state index contributed by atoms with van der Waals surface area (Å²) in [6.45, 7) is 16.0. The molecular weight excluding hydrogens is 240 g/mol. The van der Waals surface area contributed by atoms with Gasteiger partial charge in [0.25, 0.3) is 0 Å². The zero-order valence-electron chi connectivity index (χ0n) is 13.8. The first-order valence-corrected chi connectivity index (χ1v) is 7.04. The van der Waals surface area contributed by atoms with E-state index in [1.54, 1.807) is 0 Å². The molecule has 0 amide bonds. The van der Waals surface area contributed by atoms with Crippen molar-refractivity contribution in [3.63, 3.8) is 0 Å². The summed E-state index contributed by atoms with van der Waals surface area (Å²) in [5, 5.41) is 0. The zero-order valence-corrected chi connectivity index (χ0v) is 13.8. The first kappa shape index (κ1) is 18.1. The minimum atomic E-state index is -0.344. The summed E-state index contributed by atoms with van der Waals surface area (Å²) in [4.78, 5) is 23.9. The van der Waals surface area contributed by atoms with Gasteiger partial charge in [-0.1, -0.05) is 55.4 Å². The fourth-order valence-electron chi connectivity index (χ4n) is 1.43. The smallest absolute Gasteiger partial charge is 0.308 e. The fourth-order valence-corrected chi connectivity index (χ4v) is 1.43. The highest BCUT2D eigenvalue weighted by atomic mass is 16.5. The van der Waals surface area contributed by atoms with Gasteiger partial charge in [0.1, 0.15) is 5.78 Å².